The van der Waals surface area contributed by atoms with Crippen LogP contribution in [0.3, 0.4) is 0 Å². The molecular formula is C25H21NO3. The fourth-order valence-electron chi connectivity index (χ4n) is 3.67. The molecule has 1 aliphatic heterocycles. The normalized spacial score (nSPS) is 18.2. The number of aliphatic hydroxyl groups excluding tert-OH is 1. The molecule has 0 radical (unpaired) electrons. The van der Waals surface area contributed by atoms with Crippen LogP contribution < -0.4 is 0 Å². The summed E-state index contributed by atoms with van der Waals surface area (Å²) in [4.78, 5) is 27.4. The van der Waals surface area contributed by atoms with E-state index in [1.54, 1.807) is 12.1 Å². The Labute approximate surface area is 169 Å². The Morgan fingerprint density at radius 2 is 1.45 bits per heavy atom. The van der Waals surface area contributed by atoms with Crippen molar-refractivity contribution in [3.63, 3.8) is 0 Å². The van der Waals surface area contributed by atoms with Crippen molar-refractivity contribution in [1.29, 1.82) is 0 Å². The molecule has 1 N–H and O–H groups in total. The van der Waals surface area contributed by atoms with E-state index in [2.05, 4.69) is 0 Å². The van der Waals surface area contributed by atoms with E-state index in [0.717, 1.165) is 16.7 Å². The van der Waals surface area contributed by atoms with Gasteiger partial charge < -0.3 is 10.0 Å². The van der Waals surface area contributed by atoms with E-state index in [1.807, 2.05) is 79.7 Å². The first-order valence-corrected chi connectivity index (χ1v) is 9.50. The van der Waals surface area contributed by atoms with Crippen molar-refractivity contribution in [2.24, 2.45) is 0 Å². The highest BCUT2D eigenvalue weighted by Crippen LogP contribution is 2.40. The smallest absolute Gasteiger partial charge is 0.295 e. The lowest BCUT2D eigenvalue weighted by atomic mass is 9.95. The largest absolute Gasteiger partial charge is 0.507 e. The van der Waals surface area contributed by atoms with Gasteiger partial charge in [0.15, 0.2) is 0 Å². The van der Waals surface area contributed by atoms with Gasteiger partial charge in [-0.2, -0.15) is 0 Å². The SMILES string of the molecule is Cc1ccc(/C(O)=C2\C(=O)C(=O)N(Cc3ccccc3)[C@@H]2c2ccccc2)cc1. The number of carbonyl (C=O) groups is 2. The summed E-state index contributed by atoms with van der Waals surface area (Å²) in [6.07, 6.45) is 0. The molecule has 0 bridgehead atoms. The zero-order valence-corrected chi connectivity index (χ0v) is 16.1. The van der Waals surface area contributed by atoms with Crippen LogP contribution in [0, 0.1) is 6.92 Å². The first-order chi connectivity index (χ1) is 14.1. The minimum Gasteiger partial charge on any atom is -0.507 e. The highest BCUT2D eigenvalue weighted by Gasteiger charge is 2.45. The van der Waals surface area contributed by atoms with Gasteiger partial charge in [-0.1, -0.05) is 90.5 Å². The van der Waals surface area contributed by atoms with Crippen molar-refractivity contribution >= 4 is 17.4 Å². The van der Waals surface area contributed by atoms with Gasteiger partial charge >= 0.3 is 0 Å². The van der Waals surface area contributed by atoms with Gasteiger partial charge in [0.2, 0.25) is 0 Å². The summed E-state index contributed by atoms with van der Waals surface area (Å²) >= 11 is 0. The minimum atomic E-state index is -0.659. The number of hydrogen-bond donors (Lipinski definition) is 1. The Morgan fingerprint density at radius 3 is 2.07 bits per heavy atom. The van der Waals surface area contributed by atoms with Crippen molar-refractivity contribution in [3.8, 4) is 0 Å². The molecule has 1 heterocycles. The number of ketones is 1. The standard InChI is InChI=1S/C25H21NO3/c1-17-12-14-20(15-13-17)23(27)21-22(19-10-6-3-7-11-19)26(25(29)24(21)28)16-18-8-4-2-5-9-18/h2-15,22,27H,16H2,1H3/b23-21+/t22-/m1/s1. The Morgan fingerprint density at radius 1 is 0.862 bits per heavy atom. The Hall–Kier alpha value is -3.66. The molecule has 3 aromatic carbocycles. The zero-order valence-electron chi connectivity index (χ0n) is 16.1. The van der Waals surface area contributed by atoms with Crippen molar-refractivity contribution in [2.75, 3.05) is 0 Å². The van der Waals surface area contributed by atoms with Gasteiger partial charge in [-0.05, 0) is 18.1 Å². The van der Waals surface area contributed by atoms with Crippen LogP contribution in [0.15, 0.2) is 90.5 Å². The summed E-state index contributed by atoms with van der Waals surface area (Å²) in [5.74, 6) is -1.41. The zero-order chi connectivity index (χ0) is 20.4. The number of benzene rings is 3. The van der Waals surface area contributed by atoms with E-state index in [0.29, 0.717) is 5.56 Å². The second kappa shape index (κ2) is 7.76. The Bertz CT molecular complexity index is 1070. The quantitative estimate of drug-likeness (QED) is 0.406. The minimum absolute atomic E-state index is 0.126. The summed E-state index contributed by atoms with van der Waals surface area (Å²) in [7, 11) is 0. The van der Waals surface area contributed by atoms with Crippen molar-refractivity contribution in [3.05, 3.63) is 113 Å². The number of rotatable bonds is 4. The molecule has 4 heteroatoms. The van der Waals surface area contributed by atoms with E-state index < -0.39 is 17.7 Å². The third-order valence-electron chi connectivity index (χ3n) is 5.18. The molecular weight excluding hydrogens is 362 g/mol. The average molecular weight is 383 g/mol. The summed E-state index contributed by atoms with van der Waals surface area (Å²) in [5, 5.41) is 11.0. The molecule has 0 aliphatic carbocycles. The lowest BCUT2D eigenvalue weighted by Crippen LogP contribution is -2.29. The summed E-state index contributed by atoms with van der Waals surface area (Å²) in [6, 6.07) is 25.5. The number of nitrogens with zero attached hydrogens (tertiary/aromatic N) is 1. The second-order valence-electron chi connectivity index (χ2n) is 7.19. The lowest BCUT2D eigenvalue weighted by molar-refractivity contribution is -0.140. The number of aryl methyl sites for hydroxylation is 1. The molecule has 4 nitrogen and oxygen atoms in total. The summed E-state index contributed by atoms with van der Waals surface area (Å²) in [5.41, 5.74) is 3.41. The monoisotopic (exact) mass is 383 g/mol. The van der Waals surface area contributed by atoms with Gasteiger partial charge in [0, 0.05) is 12.1 Å². The van der Waals surface area contributed by atoms with Crippen LogP contribution in [-0.4, -0.2) is 21.7 Å². The Balaban J connectivity index is 1.85. The van der Waals surface area contributed by atoms with E-state index in [1.165, 1.54) is 4.90 Å². The maximum absolute atomic E-state index is 13.0. The first kappa shape index (κ1) is 18.7. The molecule has 0 saturated carbocycles. The topological polar surface area (TPSA) is 57.6 Å². The van der Waals surface area contributed by atoms with E-state index >= 15 is 0 Å². The van der Waals surface area contributed by atoms with E-state index in [-0.39, 0.29) is 17.9 Å². The molecule has 0 aromatic heterocycles. The highest BCUT2D eigenvalue weighted by molar-refractivity contribution is 6.46. The molecule has 1 atom stereocenters. The maximum atomic E-state index is 13.0. The van der Waals surface area contributed by atoms with Gasteiger partial charge in [0.05, 0.1) is 11.6 Å². The fourth-order valence-corrected chi connectivity index (χ4v) is 3.67. The number of Topliss-reactive ketones (excluding diaryl/α,β-unsaturated/α-hetero) is 1. The third kappa shape index (κ3) is 3.57. The highest BCUT2D eigenvalue weighted by atomic mass is 16.3. The molecule has 1 saturated heterocycles. The number of aliphatic hydroxyl groups is 1. The predicted molar refractivity (Wildman–Crippen MR) is 112 cm³/mol. The van der Waals surface area contributed by atoms with Gasteiger partial charge in [-0.3, -0.25) is 9.59 Å². The molecule has 29 heavy (non-hydrogen) atoms. The average Bonchev–Trinajstić information content (AvgIpc) is 3.00. The predicted octanol–water partition coefficient (Wildman–Crippen LogP) is 4.62. The number of carbonyl (C=O) groups excluding carboxylic acids is 2. The van der Waals surface area contributed by atoms with Crippen LogP contribution in [0.4, 0.5) is 0 Å². The van der Waals surface area contributed by atoms with Crippen molar-refractivity contribution in [2.45, 2.75) is 19.5 Å². The molecule has 0 unspecified atom stereocenters. The molecule has 0 spiro atoms. The van der Waals surface area contributed by atoms with Crippen LogP contribution in [0.25, 0.3) is 5.76 Å². The van der Waals surface area contributed by atoms with Crippen LogP contribution >= 0.6 is 0 Å². The van der Waals surface area contributed by atoms with Gasteiger partial charge in [-0.25, -0.2) is 0 Å². The summed E-state index contributed by atoms with van der Waals surface area (Å²) in [6.45, 7) is 2.24. The molecule has 4 rings (SSSR count). The van der Waals surface area contributed by atoms with Crippen LogP contribution in [0.1, 0.15) is 28.3 Å². The number of likely N-dealkylation sites (tertiary alicyclic amines) is 1. The van der Waals surface area contributed by atoms with Gasteiger partial charge in [-0.15, -0.1) is 0 Å². The van der Waals surface area contributed by atoms with Crippen LogP contribution in [0.5, 0.6) is 0 Å². The third-order valence-corrected chi connectivity index (χ3v) is 5.18. The van der Waals surface area contributed by atoms with Crippen LogP contribution in [-0.2, 0) is 16.1 Å². The summed E-state index contributed by atoms with van der Waals surface area (Å²) < 4.78 is 0. The molecule has 3 aromatic rings. The number of amides is 1. The number of hydrogen-bond acceptors (Lipinski definition) is 3. The van der Waals surface area contributed by atoms with Gasteiger partial charge in [0.25, 0.3) is 11.7 Å². The molecule has 1 amide bonds. The van der Waals surface area contributed by atoms with E-state index in [4.69, 9.17) is 0 Å². The first-order valence-electron chi connectivity index (χ1n) is 9.50. The molecule has 1 fully saturated rings. The maximum Gasteiger partial charge on any atom is 0.295 e. The molecule has 1 aliphatic rings. The van der Waals surface area contributed by atoms with Crippen molar-refractivity contribution < 1.29 is 14.7 Å². The lowest BCUT2D eigenvalue weighted by Gasteiger charge is -2.25. The second-order valence-corrected chi connectivity index (χ2v) is 7.19. The molecule has 144 valence electrons. The fraction of sp³-hybridized carbons (Fsp3) is 0.120. The Kier molecular flexibility index (Phi) is 5.00. The van der Waals surface area contributed by atoms with Crippen LogP contribution in [0.2, 0.25) is 0 Å². The van der Waals surface area contributed by atoms with Gasteiger partial charge in [0.1, 0.15) is 5.76 Å². The van der Waals surface area contributed by atoms with Crippen molar-refractivity contribution in [1.82, 2.24) is 4.90 Å². The van der Waals surface area contributed by atoms with E-state index in [9.17, 15) is 14.7 Å².